The summed E-state index contributed by atoms with van der Waals surface area (Å²) in [5.41, 5.74) is 0.668. The summed E-state index contributed by atoms with van der Waals surface area (Å²) in [7, 11) is 1.24. The maximum absolute atomic E-state index is 11.8. The third-order valence-electron chi connectivity index (χ3n) is 2.56. The van der Waals surface area contributed by atoms with Crippen LogP contribution in [0.4, 0.5) is 4.79 Å². The van der Waals surface area contributed by atoms with Crippen LogP contribution >= 0.6 is 23.2 Å². The molecule has 0 heterocycles. The normalized spacial score (nSPS) is 11.9. The molecular weight excluding hydrogens is 317 g/mol. The number of carbonyl (C=O) groups is 2. The number of ether oxygens (including phenoxy) is 2. The molecular formula is C14H17Cl2NO4. The lowest BCUT2D eigenvalue weighted by Gasteiger charge is -2.18. The molecule has 1 N–H and O–H groups in total. The SMILES string of the molecule is COC(=O)[C@@H](Cc1ccc(Cl)cc1Cl)NC(=O)OC(C)C. The summed E-state index contributed by atoms with van der Waals surface area (Å²) in [6.45, 7) is 3.42. The van der Waals surface area contributed by atoms with E-state index in [1.165, 1.54) is 7.11 Å². The Morgan fingerprint density at radius 1 is 1.29 bits per heavy atom. The molecule has 0 radical (unpaired) electrons. The molecule has 5 nitrogen and oxygen atoms in total. The van der Waals surface area contributed by atoms with Gasteiger partial charge in [-0.25, -0.2) is 9.59 Å². The number of carbonyl (C=O) groups excluding carboxylic acids is 2. The van der Waals surface area contributed by atoms with Gasteiger partial charge in [-0.05, 0) is 31.5 Å². The number of esters is 1. The Bertz CT molecular complexity index is 520. The van der Waals surface area contributed by atoms with Crippen LogP contribution in [0.2, 0.25) is 10.0 Å². The monoisotopic (exact) mass is 333 g/mol. The minimum absolute atomic E-state index is 0.176. The third-order valence-corrected chi connectivity index (χ3v) is 3.15. The quantitative estimate of drug-likeness (QED) is 0.840. The Hall–Kier alpha value is -1.46. The van der Waals surface area contributed by atoms with E-state index in [1.807, 2.05) is 0 Å². The highest BCUT2D eigenvalue weighted by atomic mass is 35.5. The van der Waals surface area contributed by atoms with Gasteiger partial charge in [0, 0.05) is 16.5 Å². The van der Waals surface area contributed by atoms with Crippen LogP contribution in [-0.4, -0.2) is 31.3 Å². The number of rotatable bonds is 5. The van der Waals surface area contributed by atoms with Crippen molar-refractivity contribution in [3.05, 3.63) is 33.8 Å². The highest BCUT2D eigenvalue weighted by Crippen LogP contribution is 2.22. The number of hydrogen-bond acceptors (Lipinski definition) is 4. The fourth-order valence-electron chi connectivity index (χ4n) is 1.63. The first-order valence-corrected chi connectivity index (χ1v) is 7.08. The predicted octanol–water partition coefficient (Wildman–Crippen LogP) is 3.21. The molecule has 0 aliphatic rings. The van der Waals surface area contributed by atoms with Crippen LogP contribution in [0.5, 0.6) is 0 Å². The molecule has 1 atom stereocenters. The second-order valence-corrected chi connectivity index (χ2v) is 5.46. The molecule has 1 aromatic rings. The average molecular weight is 334 g/mol. The van der Waals surface area contributed by atoms with E-state index in [1.54, 1.807) is 32.0 Å². The second kappa shape index (κ2) is 8.10. The number of halogens is 2. The van der Waals surface area contributed by atoms with Crippen molar-refractivity contribution in [2.24, 2.45) is 0 Å². The molecule has 0 spiro atoms. The molecule has 7 heteroatoms. The van der Waals surface area contributed by atoms with Gasteiger partial charge < -0.3 is 14.8 Å². The lowest BCUT2D eigenvalue weighted by molar-refractivity contribution is -0.143. The molecule has 21 heavy (non-hydrogen) atoms. The summed E-state index contributed by atoms with van der Waals surface area (Å²) in [5, 5.41) is 3.37. The summed E-state index contributed by atoms with van der Waals surface area (Å²) in [5.74, 6) is -0.582. The standard InChI is InChI=1S/C14H17Cl2NO4/c1-8(2)21-14(19)17-12(13(18)20-3)6-9-4-5-10(15)7-11(9)16/h4-5,7-8,12H,6H2,1-3H3,(H,17,19)/t12-/m1/s1. The number of benzene rings is 1. The van der Waals surface area contributed by atoms with Crippen LogP contribution in [0.15, 0.2) is 18.2 Å². The molecule has 1 aromatic carbocycles. The van der Waals surface area contributed by atoms with E-state index in [4.69, 9.17) is 27.9 Å². The molecule has 0 fully saturated rings. The number of nitrogens with one attached hydrogen (secondary N) is 1. The lowest BCUT2D eigenvalue weighted by atomic mass is 10.1. The zero-order chi connectivity index (χ0) is 16.0. The summed E-state index contributed by atoms with van der Waals surface area (Å²) >= 11 is 11.9. The largest absolute Gasteiger partial charge is 0.467 e. The number of methoxy groups -OCH3 is 1. The van der Waals surface area contributed by atoms with Crippen LogP contribution in [0.3, 0.4) is 0 Å². The van der Waals surface area contributed by atoms with Gasteiger partial charge in [0.1, 0.15) is 6.04 Å². The van der Waals surface area contributed by atoms with Gasteiger partial charge in [-0.1, -0.05) is 29.3 Å². The second-order valence-electron chi connectivity index (χ2n) is 4.61. The van der Waals surface area contributed by atoms with E-state index in [2.05, 4.69) is 10.1 Å². The van der Waals surface area contributed by atoms with E-state index < -0.39 is 18.1 Å². The van der Waals surface area contributed by atoms with Gasteiger partial charge in [-0.2, -0.15) is 0 Å². The van der Waals surface area contributed by atoms with Crippen molar-refractivity contribution >= 4 is 35.3 Å². The first-order chi connectivity index (χ1) is 9.83. The predicted molar refractivity (Wildman–Crippen MR) is 80.7 cm³/mol. The van der Waals surface area contributed by atoms with Gasteiger partial charge in [0.25, 0.3) is 0 Å². The van der Waals surface area contributed by atoms with Crippen LogP contribution in [0, 0.1) is 0 Å². The van der Waals surface area contributed by atoms with Gasteiger partial charge in [0.2, 0.25) is 0 Å². The van der Waals surface area contributed by atoms with Crippen molar-refractivity contribution in [1.29, 1.82) is 0 Å². The molecule has 0 saturated heterocycles. The molecule has 0 unspecified atom stereocenters. The van der Waals surface area contributed by atoms with Crippen LogP contribution in [-0.2, 0) is 20.7 Å². The molecule has 1 amide bonds. The first kappa shape index (κ1) is 17.6. The van der Waals surface area contributed by atoms with Crippen molar-refractivity contribution in [2.45, 2.75) is 32.4 Å². The van der Waals surface area contributed by atoms with E-state index >= 15 is 0 Å². The molecule has 0 saturated carbocycles. The third kappa shape index (κ3) is 5.81. The van der Waals surface area contributed by atoms with Crippen molar-refractivity contribution in [3.8, 4) is 0 Å². The van der Waals surface area contributed by atoms with Gasteiger partial charge >= 0.3 is 12.1 Å². The van der Waals surface area contributed by atoms with E-state index in [0.717, 1.165) is 0 Å². The number of alkyl carbamates (subject to hydrolysis) is 1. The summed E-state index contributed by atoms with van der Waals surface area (Å²) in [6, 6.07) is 4.03. The highest BCUT2D eigenvalue weighted by Gasteiger charge is 2.24. The molecule has 1 rings (SSSR count). The lowest BCUT2D eigenvalue weighted by Crippen LogP contribution is -2.44. The first-order valence-electron chi connectivity index (χ1n) is 6.32. The zero-order valence-corrected chi connectivity index (χ0v) is 13.5. The number of hydrogen-bond donors (Lipinski definition) is 1. The van der Waals surface area contributed by atoms with E-state index in [0.29, 0.717) is 15.6 Å². The Labute approximate surface area is 133 Å². The van der Waals surface area contributed by atoms with Crippen molar-refractivity contribution in [1.82, 2.24) is 5.32 Å². The Morgan fingerprint density at radius 2 is 1.95 bits per heavy atom. The molecule has 0 bridgehead atoms. The minimum atomic E-state index is -0.889. The fraction of sp³-hybridized carbons (Fsp3) is 0.429. The van der Waals surface area contributed by atoms with Gasteiger partial charge in [0.05, 0.1) is 13.2 Å². The molecule has 0 aliphatic carbocycles. The van der Waals surface area contributed by atoms with Crippen molar-refractivity contribution < 1.29 is 19.1 Å². The summed E-state index contributed by atoms with van der Waals surface area (Å²) in [4.78, 5) is 23.4. The van der Waals surface area contributed by atoms with Gasteiger partial charge in [0.15, 0.2) is 0 Å². The Kier molecular flexibility index (Phi) is 6.78. The maximum atomic E-state index is 11.8. The Balaban J connectivity index is 2.83. The zero-order valence-electron chi connectivity index (χ0n) is 12.0. The van der Waals surface area contributed by atoms with Gasteiger partial charge in [-0.15, -0.1) is 0 Å². The number of amides is 1. The van der Waals surface area contributed by atoms with E-state index in [9.17, 15) is 9.59 Å². The van der Waals surface area contributed by atoms with Crippen LogP contribution in [0.1, 0.15) is 19.4 Å². The van der Waals surface area contributed by atoms with Gasteiger partial charge in [-0.3, -0.25) is 0 Å². The average Bonchev–Trinajstić information content (AvgIpc) is 2.39. The molecule has 0 aromatic heterocycles. The highest BCUT2D eigenvalue weighted by molar-refractivity contribution is 6.35. The Morgan fingerprint density at radius 3 is 2.48 bits per heavy atom. The maximum Gasteiger partial charge on any atom is 0.408 e. The fourth-order valence-corrected chi connectivity index (χ4v) is 2.12. The van der Waals surface area contributed by atoms with Crippen LogP contribution < -0.4 is 5.32 Å². The van der Waals surface area contributed by atoms with Crippen molar-refractivity contribution in [2.75, 3.05) is 7.11 Å². The topological polar surface area (TPSA) is 64.6 Å². The molecule has 116 valence electrons. The van der Waals surface area contributed by atoms with Crippen molar-refractivity contribution in [3.63, 3.8) is 0 Å². The summed E-state index contributed by atoms with van der Waals surface area (Å²) in [6.07, 6.45) is -0.802. The van der Waals surface area contributed by atoms with E-state index in [-0.39, 0.29) is 12.5 Å². The molecule has 0 aliphatic heterocycles. The smallest absolute Gasteiger partial charge is 0.408 e. The van der Waals surface area contributed by atoms with Crippen LogP contribution in [0.25, 0.3) is 0 Å². The minimum Gasteiger partial charge on any atom is -0.467 e. The summed E-state index contributed by atoms with van der Waals surface area (Å²) < 4.78 is 9.63.